The average molecular weight is 317 g/mol. The lowest BCUT2D eigenvalue weighted by Crippen LogP contribution is -2.73. The lowest BCUT2D eigenvalue weighted by molar-refractivity contribution is -0.209. The van der Waals surface area contributed by atoms with E-state index in [0.29, 0.717) is 16.7 Å². The van der Waals surface area contributed by atoms with Crippen LogP contribution in [0, 0.1) is 17.2 Å². The van der Waals surface area contributed by atoms with Gasteiger partial charge in [-0.3, -0.25) is 0 Å². The molecule has 124 valence electrons. The molecule has 1 aromatic rings. The summed E-state index contributed by atoms with van der Waals surface area (Å²) in [5.41, 5.74) is 1.57. The second-order valence-electron chi connectivity index (χ2n) is 8.76. The molecule has 0 unspecified atom stereocenters. The number of nitrogens with zero attached hydrogens (tertiary/aromatic N) is 1. The topological polar surface area (TPSA) is 29.5 Å². The number of hydrogen-bond donors (Lipinski definition) is 0. The SMILES string of the molecule is CC(C)(C)OC(=O)N1CC(C23CC(c4ccc(F)cc4)(C2)C3)C1. The fraction of sp³-hybridized carbons (Fsp3) is 0.632. The number of benzene rings is 1. The molecule has 0 radical (unpaired) electrons. The molecule has 4 heteroatoms. The Hall–Kier alpha value is -1.58. The molecule has 2 bridgehead atoms. The summed E-state index contributed by atoms with van der Waals surface area (Å²) in [5.74, 6) is 0.444. The number of carbonyl (C=O) groups is 1. The third-order valence-corrected chi connectivity index (χ3v) is 5.93. The van der Waals surface area contributed by atoms with Gasteiger partial charge in [0.05, 0.1) is 0 Å². The Balaban J connectivity index is 1.31. The van der Waals surface area contributed by atoms with Gasteiger partial charge < -0.3 is 9.64 Å². The number of ether oxygens (including phenoxy) is 1. The highest BCUT2D eigenvalue weighted by Crippen LogP contribution is 2.77. The van der Waals surface area contributed by atoms with E-state index in [4.69, 9.17) is 4.74 Å². The fourth-order valence-electron chi connectivity index (χ4n) is 4.75. The number of amides is 1. The maximum Gasteiger partial charge on any atom is 0.410 e. The normalized spacial score (nSPS) is 32.6. The van der Waals surface area contributed by atoms with Crippen LogP contribution >= 0.6 is 0 Å². The molecule has 1 aliphatic heterocycles. The van der Waals surface area contributed by atoms with E-state index < -0.39 is 5.60 Å². The maximum absolute atomic E-state index is 13.1. The lowest BCUT2D eigenvalue weighted by atomic mass is 9.30. The molecule has 0 spiro atoms. The first-order valence-electron chi connectivity index (χ1n) is 8.46. The second kappa shape index (κ2) is 4.49. The maximum atomic E-state index is 13.1. The molecule has 0 N–H and O–H groups in total. The van der Waals surface area contributed by atoms with Gasteiger partial charge in [-0.25, -0.2) is 9.18 Å². The predicted octanol–water partition coefficient (Wildman–Crippen LogP) is 4.11. The van der Waals surface area contributed by atoms with Gasteiger partial charge in [0.15, 0.2) is 0 Å². The Morgan fingerprint density at radius 2 is 1.74 bits per heavy atom. The van der Waals surface area contributed by atoms with Gasteiger partial charge in [-0.2, -0.15) is 0 Å². The highest BCUT2D eigenvalue weighted by Gasteiger charge is 2.72. The monoisotopic (exact) mass is 317 g/mol. The van der Waals surface area contributed by atoms with Crippen LogP contribution < -0.4 is 0 Å². The zero-order chi connectivity index (χ0) is 16.5. The summed E-state index contributed by atoms with van der Waals surface area (Å²) in [4.78, 5) is 13.8. The number of carbonyl (C=O) groups excluding carboxylic acids is 1. The minimum absolute atomic E-state index is 0.165. The molecule has 23 heavy (non-hydrogen) atoms. The molecular formula is C19H24FNO2. The Bertz CT molecular complexity index is 621. The summed E-state index contributed by atoms with van der Waals surface area (Å²) in [5, 5.41) is 0. The van der Waals surface area contributed by atoms with Crippen LogP contribution in [-0.2, 0) is 10.2 Å². The van der Waals surface area contributed by atoms with E-state index in [1.54, 1.807) is 12.1 Å². The zero-order valence-electron chi connectivity index (χ0n) is 14.1. The van der Waals surface area contributed by atoms with Crippen LogP contribution in [0.3, 0.4) is 0 Å². The second-order valence-corrected chi connectivity index (χ2v) is 8.76. The van der Waals surface area contributed by atoms with Gasteiger partial charge in [0, 0.05) is 19.0 Å². The van der Waals surface area contributed by atoms with E-state index in [0.717, 1.165) is 13.1 Å². The molecule has 5 rings (SSSR count). The minimum Gasteiger partial charge on any atom is -0.444 e. The van der Waals surface area contributed by atoms with E-state index in [-0.39, 0.29) is 11.9 Å². The summed E-state index contributed by atoms with van der Waals surface area (Å²) >= 11 is 0. The van der Waals surface area contributed by atoms with E-state index >= 15 is 0 Å². The van der Waals surface area contributed by atoms with E-state index in [9.17, 15) is 9.18 Å². The largest absolute Gasteiger partial charge is 0.444 e. The lowest BCUT2D eigenvalue weighted by Gasteiger charge is -2.75. The van der Waals surface area contributed by atoms with Crippen molar-refractivity contribution in [3.8, 4) is 0 Å². The van der Waals surface area contributed by atoms with E-state index in [1.807, 2.05) is 37.8 Å². The molecular weight excluding hydrogens is 293 g/mol. The molecule has 1 amide bonds. The van der Waals surface area contributed by atoms with E-state index in [1.165, 1.54) is 24.8 Å². The van der Waals surface area contributed by atoms with Gasteiger partial charge in [0.2, 0.25) is 0 Å². The van der Waals surface area contributed by atoms with Gasteiger partial charge in [0.25, 0.3) is 0 Å². The number of likely N-dealkylation sites (tertiary alicyclic amines) is 1. The summed E-state index contributed by atoms with van der Waals surface area (Å²) < 4.78 is 18.5. The molecule has 4 fully saturated rings. The molecule has 1 aromatic carbocycles. The van der Waals surface area contributed by atoms with Crippen molar-refractivity contribution < 1.29 is 13.9 Å². The quantitative estimate of drug-likeness (QED) is 0.821. The fourth-order valence-corrected chi connectivity index (χ4v) is 4.75. The zero-order valence-corrected chi connectivity index (χ0v) is 14.1. The summed E-state index contributed by atoms with van der Waals surface area (Å²) in [6.07, 6.45) is 3.39. The van der Waals surface area contributed by atoms with Crippen LogP contribution in [-0.4, -0.2) is 29.7 Å². The Labute approximate surface area is 136 Å². The van der Waals surface area contributed by atoms with E-state index in [2.05, 4.69) is 0 Å². The number of halogens is 1. The van der Waals surface area contributed by atoms with Crippen LogP contribution in [0.1, 0.15) is 45.6 Å². The summed E-state index contributed by atoms with van der Waals surface area (Å²) in [7, 11) is 0. The van der Waals surface area contributed by atoms with Crippen LogP contribution in [0.5, 0.6) is 0 Å². The third-order valence-electron chi connectivity index (χ3n) is 5.93. The first-order valence-corrected chi connectivity index (χ1v) is 8.46. The van der Waals surface area contributed by atoms with Crippen molar-refractivity contribution in [3.05, 3.63) is 35.6 Å². The number of hydrogen-bond acceptors (Lipinski definition) is 2. The van der Waals surface area contributed by atoms with Crippen molar-refractivity contribution in [1.29, 1.82) is 0 Å². The van der Waals surface area contributed by atoms with Crippen LogP contribution in [0.4, 0.5) is 9.18 Å². The van der Waals surface area contributed by atoms with Crippen molar-refractivity contribution in [2.75, 3.05) is 13.1 Å². The molecule has 3 aliphatic carbocycles. The summed E-state index contributed by atoms with van der Waals surface area (Å²) in [6.45, 7) is 7.35. The summed E-state index contributed by atoms with van der Waals surface area (Å²) in [6, 6.07) is 7.00. The molecule has 3 nitrogen and oxygen atoms in total. The minimum atomic E-state index is -0.425. The Morgan fingerprint density at radius 1 is 1.17 bits per heavy atom. The predicted molar refractivity (Wildman–Crippen MR) is 85.7 cm³/mol. The molecule has 3 saturated carbocycles. The van der Waals surface area contributed by atoms with Crippen molar-refractivity contribution in [2.24, 2.45) is 11.3 Å². The van der Waals surface area contributed by atoms with Gasteiger partial charge in [-0.15, -0.1) is 0 Å². The average Bonchev–Trinajstić information content (AvgIpc) is 2.28. The molecule has 1 heterocycles. The van der Waals surface area contributed by atoms with Crippen LogP contribution in [0.15, 0.2) is 24.3 Å². The molecule has 0 aromatic heterocycles. The standard InChI is InChI=1S/C19H24FNO2/c1-17(2,3)23-16(22)21-8-14(9-21)19-10-18(11-19,12-19)13-4-6-15(20)7-5-13/h4-7,14H,8-12H2,1-3H3. The molecule has 0 atom stereocenters. The van der Waals surface area contributed by atoms with Crippen LogP contribution in [0.25, 0.3) is 0 Å². The molecule has 1 saturated heterocycles. The Morgan fingerprint density at radius 3 is 2.26 bits per heavy atom. The van der Waals surface area contributed by atoms with Crippen molar-refractivity contribution in [3.63, 3.8) is 0 Å². The third kappa shape index (κ3) is 2.26. The van der Waals surface area contributed by atoms with Crippen molar-refractivity contribution >= 4 is 6.09 Å². The highest BCUT2D eigenvalue weighted by atomic mass is 19.1. The number of rotatable bonds is 2. The Kier molecular flexibility index (Phi) is 2.92. The first kappa shape index (κ1) is 15.0. The van der Waals surface area contributed by atoms with Gasteiger partial charge >= 0.3 is 6.09 Å². The highest BCUT2D eigenvalue weighted by molar-refractivity contribution is 5.69. The molecule has 4 aliphatic rings. The first-order chi connectivity index (χ1) is 10.7. The smallest absolute Gasteiger partial charge is 0.410 e. The van der Waals surface area contributed by atoms with Gasteiger partial charge in [0.1, 0.15) is 11.4 Å². The van der Waals surface area contributed by atoms with Gasteiger partial charge in [-0.1, -0.05) is 12.1 Å². The van der Waals surface area contributed by atoms with Gasteiger partial charge in [-0.05, 0) is 68.6 Å². The van der Waals surface area contributed by atoms with Crippen molar-refractivity contribution in [2.45, 2.75) is 51.0 Å². The van der Waals surface area contributed by atoms with Crippen LogP contribution in [0.2, 0.25) is 0 Å². The van der Waals surface area contributed by atoms with Crippen molar-refractivity contribution in [1.82, 2.24) is 4.90 Å².